The number of amides is 3. The Morgan fingerprint density at radius 3 is 1.82 bits per heavy atom. The Balaban J connectivity index is 1.19. The highest BCUT2D eigenvalue weighted by molar-refractivity contribution is 6.20. The quantitative estimate of drug-likeness (QED) is 0.588. The van der Waals surface area contributed by atoms with Crippen molar-refractivity contribution >= 4 is 23.9 Å². The van der Waals surface area contributed by atoms with Crippen molar-refractivity contribution in [2.75, 3.05) is 6.61 Å². The van der Waals surface area contributed by atoms with E-state index in [2.05, 4.69) is 5.32 Å². The number of hydroxylamine groups is 2. The maximum Gasteiger partial charge on any atom is 0.407 e. The van der Waals surface area contributed by atoms with E-state index >= 15 is 0 Å². The van der Waals surface area contributed by atoms with Crippen molar-refractivity contribution in [3.8, 4) is 11.1 Å². The van der Waals surface area contributed by atoms with Crippen molar-refractivity contribution in [3.05, 3.63) is 95.1 Å². The van der Waals surface area contributed by atoms with Gasteiger partial charge < -0.3 is 14.9 Å². The van der Waals surface area contributed by atoms with Gasteiger partial charge in [0.05, 0.1) is 11.1 Å². The van der Waals surface area contributed by atoms with Gasteiger partial charge in [0.1, 0.15) is 12.6 Å². The second-order valence-electron chi connectivity index (χ2n) is 8.05. The van der Waals surface area contributed by atoms with Crippen LogP contribution in [0.3, 0.4) is 0 Å². The fraction of sp³-hybridized carbons (Fsp3) is 0.154. The molecule has 1 aliphatic heterocycles. The van der Waals surface area contributed by atoms with E-state index in [1.54, 1.807) is 12.1 Å². The number of imide groups is 1. The predicted molar refractivity (Wildman–Crippen MR) is 121 cm³/mol. The van der Waals surface area contributed by atoms with Gasteiger partial charge >= 0.3 is 12.1 Å². The summed E-state index contributed by atoms with van der Waals surface area (Å²) >= 11 is 0. The van der Waals surface area contributed by atoms with Gasteiger partial charge in [-0.3, -0.25) is 9.59 Å². The molecule has 0 fully saturated rings. The first-order valence-corrected chi connectivity index (χ1v) is 10.8. The summed E-state index contributed by atoms with van der Waals surface area (Å²) in [7, 11) is 0. The smallest absolute Gasteiger partial charge is 0.407 e. The molecule has 1 N–H and O–H groups in total. The summed E-state index contributed by atoms with van der Waals surface area (Å²) in [5, 5.41) is 2.80. The van der Waals surface area contributed by atoms with Crippen molar-refractivity contribution in [2.24, 2.45) is 0 Å². The van der Waals surface area contributed by atoms with Crippen LogP contribution in [0.2, 0.25) is 0 Å². The average Bonchev–Trinajstić information content (AvgIpc) is 3.30. The molecule has 0 unspecified atom stereocenters. The molecule has 1 aliphatic carbocycles. The molecule has 0 bridgehead atoms. The van der Waals surface area contributed by atoms with E-state index in [0.29, 0.717) is 5.06 Å². The Morgan fingerprint density at radius 1 is 0.824 bits per heavy atom. The molecule has 0 saturated carbocycles. The van der Waals surface area contributed by atoms with Crippen LogP contribution in [-0.4, -0.2) is 41.6 Å². The maximum absolute atomic E-state index is 12.4. The lowest BCUT2D eigenvalue weighted by Gasteiger charge is -2.18. The largest absolute Gasteiger partial charge is 0.449 e. The van der Waals surface area contributed by atoms with Gasteiger partial charge in [-0.1, -0.05) is 65.7 Å². The highest BCUT2D eigenvalue weighted by Gasteiger charge is 2.39. The van der Waals surface area contributed by atoms with Crippen LogP contribution in [0, 0.1) is 0 Å². The number of hydrogen-bond acceptors (Lipinski definition) is 6. The normalized spacial score (nSPS) is 14.8. The number of carbonyl (C=O) groups excluding carboxylic acids is 4. The Kier molecular flexibility index (Phi) is 5.33. The van der Waals surface area contributed by atoms with E-state index in [-0.39, 0.29) is 23.7 Å². The van der Waals surface area contributed by atoms with E-state index < -0.39 is 29.9 Å². The zero-order valence-electron chi connectivity index (χ0n) is 18.2. The number of carbonyl (C=O) groups is 4. The van der Waals surface area contributed by atoms with Crippen molar-refractivity contribution in [2.45, 2.75) is 18.9 Å². The minimum absolute atomic E-state index is 0.0834. The number of nitrogens with zero attached hydrogens (tertiary/aromatic N) is 1. The second-order valence-corrected chi connectivity index (χ2v) is 8.05. The molecule has 0 radical (unpaired) electrons. The van der Waals surface area contributed by atoms with Crippen LogP contribution in [0.15, 0.2) is 72.8 Å². The van der Waals surface area contributed by atoms with Gasteiger partial charge in [0.15, 0.2) is 0 Å². The highest BCUT2D eigenvalue weighted by atomic mass is 16.7. The summed E-state index contributed by atoms with van der Waals surface area (Å²) in [6.45, 7) is 1.46. The van der Waals surface area contributed by atoms with E-state index in [4.69, 9.17) is 9.57 Å². The SMILES string of the molecule is C[C@H](NC(=O)OCC1c2ccccc2-c2ccccc21)C(=O)ON1C(=O)c2ccccc2C1=O. The molecule has 2 aliphatic rings. The predicted octanol–water partition coefficient (Wildman–Crippen LogP) is 3.67. The standard InChI is InChI=1S/C26H20N2O6/c1-15(25(31)34-28-23(29)20-12-6-7-13-21(20)24(28)30)27-26(32)33-14-22-18-10-4-2-8-16(18)17-9-3-5-11-19(17)22/h2-13,15,22H,14H2,1H3,(H,27,32)/t15-/m0/s1. The Morgan fingerprint density at radius 2 is 1.29 bits per heavy atom. The van der Waals surface area contributed by atoms with Gasteiger partial charge in [-0.2, -0.15) is 0 Å². The lowest BCUT2D eigenvalue weighted by Crippen LogP contribution is -2.44. The fourth-order valence-electron chi connectivity index (χ4n) is 4.29. The number of nitrogens with one attached hydrogen (secondary N) is 1. The molecule has 0 aromatic heterocycles. The van der Waals surface area contributed by atoms with Crippen LogP contribution in [0.4, 0.5) is 4.79 Å². The molecule has 0 spiro atoms. The van der Waals surface area contributed by atoms with Gasteiger partial charge in [-0.15, -0.1) is 0 Å². The summed E-state index contributed by atoms with van der Waals surface area (Å²) in [6.07, 6.45) is -0.811. The van der Waals surface area contributed by atoms with Crippen LogP contribution in [0.5, 0.6) is 0 Å². The molecule has 8 nitrogen and oxygen atoms in total. The molecule has 0 saturated heterocycles. The maximum atomic E-state index is 12.4. The lowest BCUT2D eigenvalue weighted by molar-refractivity contribution is -0.170. The summed E-state index contributed by atoms with van der Waals surface area (Å²) in [5.74, 6) is -2.56. The van der Waals surface area contributed by atoms with Gasteiger partial charge in [-0.25, -0.2) is 9.59 Å². The minimum atomic E-state index is -1.15. The lowest BCUT2D eigenvalue weighted by atomic mass is 9.98. The van der Waals surface area contributed by atoms with E-state index in [1.165, 1.54) is 19.1 Å². The first-order valence-electron chi connectivity index (χ1n) is 10.8. The molecule has 3 aromatic carbocycles. The van der Waals surface area contributed by atoms with Gasteiger partial charge in [0, 0.05) is 5.92 Å². The molecule has 8 heteroatoms. The van der Waals surface area contributed by atoms with Crippen LogP contribution < -0.4 is 5.32 Å². The molecule has 1 heterocycles. The third-order valence-corrected chi connectivity index (χ3v) is 5.97. The summed E-state index contributed by atoms with van der Waals surface area (Å²) in [4.78, 5) is 54.5. The van der Waals surface area contributed by atoms with Crippen molar-refractivity contribution < 1.29 is 28.8 Å². The first kappa shape index (κ1) is 21.4. The molecular formula is C26H20N2O6. The van der Waals surface area contributed by atoms with Crippen LogP contribution >= 0.6 is 0 Å². The molecule has 3 aromatic rings. The molecule has 170 valence electrons. The highest BCUT2D eigenvalue weighted by Crippen LogP contribution is 2.44. The number of rotatable bonds is 5. The Bertz CT molecular complexity index is 1250. The summed E-state index contributed by atoms with van der Waals surface area (Å²) in [6, 6.07) is 20.9. The molecule has 5 rings (SSSR count). The number of hydrogen-bond donors (Lipinski definition) is 1. The molecule has 34 heavy (non-hydrogen) atoms. The minimum Gasteiger partial charge on any atom is -0.449 e. The van der Waals surface area contributed by atoms with Gasteiger partial charge in [0.25, 0.3) is 11.8 Å². The van der Waals surface area contributed by atoms with Crippen LogP contribution in [-0.2, 0) is 14.4 Å². The van der Waals surface area contributed by atoms with Crippen molar-refractivity contribution in [1.82, 2.24) is 10.4 Å². The second kappa shape index (κ2) is 8.47. The van der Waals surface area contributed by atoms with Gasteiger partial charge in [-0.05, 0) is 41.3 Å². The number of ether oxygens (including phenoxy) is 1. The zero-order chi connectivity index (χ0) is 23.8. The monoisotopic (exact) mass is 456 g/mol. The van der Waals surface area contributed by atoms with Gasteiger partial charge in [0.2, 0.25) is 0 Å². The zero-order valence-corrected chi connectivity index (χ0v) is 18.2. The van der Waals surface area contributed by atoms with Crippen molar-refractivity contribution in [1.29, 1.82) is 0 Å². The Labute approximate surface area is 195 Å². The van der Waals surface area contributed by atoms with E-state index in [9.17, 15) is 19.2 Å². The Hall–Kier alpha value is -4.46. The molecular weight excluding hydrogens is 436 g/mol. The summed E-state index contributed by atoms with van der Waals surface area (Å²) < 4.78 is 5.42. The first-order chi connectivity index (χ1) is 16.5. The number of fused-ring (bicyclic) bond motifs is 4. The van der Waals surface area contributed by atoms with Crippen LogP contribution in [0.25, 0.3) is 11.1 Å². The molecule has 3 amide bonds. The summed E-state index contributed by atoms with van der Waals surface area (Å²) in [5.41, 5.74) is 4.63. The van der Waals surface area contributed by atoms with Crippen LogP contribution in [0.1, 0.15) is 44.7 Å². The fourth-order valence-corrected chi connectivity index (χ4v) is 4.29. The van der Waals surface area contributed by atoms with Crippen molar-refractivity contribution in [3.63, 3.8) is 0 Å². The number of alkyl carbamates (subject to hydrolysis) is 1. The number of benzene rings is 3. The third-order valence-electron chi connectivity index (χ3n) is 5.97. The third kappa shape index (κ3) is 3.59. The average molecular weight is 456 g/mol. The van der Waals surface area contributed by atoms with E-state index in [1.807, 2.05) is 48.5 Å². The topological polar surface area (TPSA) is 102 Å². The molecule has 1 atom stereocenters. The van der Waals surface area contributed by atoms with E-state index in [0.717, 1.165) is 22.3 Å².